The number of benzene rings is 3. The van der Waals surface area contributed by atoms with Crippen molar-refractivity contribution in [1.82, 2.24) is 5.32 Å². The summed E-state index contributed by atoms with van der Waals surface area (Å²) in [6, 6.07) is 8.43. The summed E-state index contributed by atoms with van der Waals surface area (Å²) in [6.45, 7) is -0.205. The number of carbonyl (C=O) groups is 1. The third kappa shape index (κ3) is 5.24. The van der Waals surface area contributed by atoms with Gasteiger partial charge in [-0.3, -0.25) is 4.79 Å². The van der Waals surface area contributed by atoms with Crippen LogP contribution < -0.4 is 10.1 Å². The molecule has 3 aromatic carbocycles. The largest absolute Gasteiger partial charge is 0.507 e. The van der Waals surface area contributed by atoms with Crippen molar-refractivity contribution >= 4 is 29.1 Å². The van der Waals surface area contributed by atoms with E-state index < -0.39 is 17.5 Å². The van der Waals surface area contributed by atoms with E-state index in [1.54, 1.807) is 6.07 Å². The number of aromatic hydroxyl groups is 1. The minimum Gasteiger partial charge on any atom is -0.507 e. The van der Waals surface area contributed by atoms with Gasteiger partial charge in [-0.1, -0.05) is 29.3 Å². The normalized spacial score (nSPS) is 10.8. The van der Waals surface area contributed by atoms with Crippen LogP contribution >= 0.6 is 23.2 Å². The van der Waals surface area contributed by atoms with Crippen LogP contribution in [0.25, 0.3) is 11.1 Å². The van der Waals surface area contributed by atoms with Gasteiger partial charge in [-0.15, -0.1) is 0 Å². The van der Waals surface area contributed by atoms with Crippen molar-refractivity contribution in [3.63, 3.8) is 0 Å². The van der Waals surface area contributed by atoms with Crippen LogP contribution in [0.5, 0.6) is 11.5 Å². The Morgan fingerprint density at radius 3 is 2.26 bits per heavy atom. The molecule has 0 spiro atoms. The average Bonchev–Trinajstić information content (AvgIpc) is 2.72. The van der Waals surface area contributed by atoms with Crippen LogP contribution in [0.4, 0.5) is 13.2 Å². The molecule has 4 nitrogen and oxygen atoms in total. The van der Waals surface area contributed by atoms with Crippen LogP contribution in [0.1, 0.15) is 11.1 Å². The molecule has 31 heavy (non-hydrogen) atoms. The summed E-state index contributed by atoms with van der Waals surface area (Å²) in [4.78, 5) is 11.3. The minimum atomic E-state index is -1.32. The van der Waals surface area contributed by atoms with Gasteiger partial charge in [0.1, 0.15) is 17.3 Å². The number of likely N-dealkylation sites (N-methyl/N-ethyl adjacent to an activating group) is 1. The van der Waals surface area contributed by atoms with Crippen molar-refractivity contribution in [3.05, 3.63) is 81.1 Å². The first-order valence-corrected chi connectivity index (χ1v) is 9.73. The van der Waals surface area contributed by atoms with E-state index in [0.717, 1.165) is 0 Å². The number of amides is 1. The van der Waals surface area contributed by atoms with Crippen LogP contribution in [-0.4, -0.2) is 24.7 Å². The molecule has 0 atom stereocenters. The summed E-state index contributed by atoms with van der Waals surface area (Å²) < 4.78 is 46.4. The highest BCUT2D eigenvalue weighted by atomic mass is 35.5. The molecular formula is C22H16Cl2F3NO3. The lowest BCUT2D eigenvalue weighted by molar-refractivity contribution is -0.122. The molecule has 162 valence electrons. The molecule has 1 amide bonds. The Morgan fingerprint density at radius 2 is 1.61 bits per heavy atom. The van der Waals surface area contributed by atoms with Gasteiger partial charge >= 0.3 is 0 Å². The highest BCUT2D eigenvalue weighted by Gasteiger charge is 2.17. The summed E-state index contributed by atoms with van der Waals surface area (Å²) in [5, 5.41) is 13.1. The molecular weight excluding hydrogens is 454 g/mol. The number of phenolic OH excluding ortho intramolecular Hbond substituents is 1. The third-order valence-corrected chi connectivity index (χ3v) is 5.18. The molecule has 0 heterocycles. The Bertz CT molecular complexity index is 1130. The predicted molar refractivity (Wildman–Crippen MR) is 112 cm³/mol. The molecule has 0 radical (unpaired) electrons. The van der Waals surface area contributed by atoms with E-state index in [-0.39, 0.29) is 45.9 Å². The Balaban J connectivity index is 1.91. The number of hydrogen-bond acceptors (Lipinski definition) is 3. The summed E-state index contributed by atoms with van der Waals surface area (Å²) in [5.41, 5.74) is 0.817. The number of hydrogen-bond donors (Lipinski definition) is 2. The molecule has 0 aliphatic heterocycles. The maximum Gasteiger partial charge on any atom is 0.257 e. The molecule has 0 fully saturated rings. The molecule has 0 saturated heterocycles. The zero-order valence-corrected chi connectivity index (χ0v) is 17.6. The highest BCUT2D eigenvalue weighted by molar-refractivity contribution is 6.36. The van der Waals surface area contributed by atoms with Crippen molar-refractivity contribution in [2.24, 2.45) is 0 Å². The molecule has 0 aliphatic carbocycles. The maximum atomic E-state index is 14.2. The predicted octanol–water partition coefficient (Wildman–Crippen LogP) is 5.50. The quantitative estimate of drug-likeness (QED) is 0.468. The number of halogens is 5. The van der Waals surface area contributed by atoms with Gasteiger partial charge in [-0.25, -0.2) is 13.2 Å². The summed E-state index contributed by atoms with van der Waals surface area (Å²) in [7, 11) is 1.48. The Morgan fingerprint density at radius 1 is 0.968 bits per heavy atom. The number of carbonyl (C=O) groups excluding carboxylic acids is 1. The fraction of sp³-hybridized carbons (Fsp3) is 0.136. The lowest BCUT2D eigenvalue weighted by Crippen LogP contribution is -2.24. The van der Waals surface area contributed by atoms with E-state index in [1.165, 1.54) is 31.3 Å². The van der Waals surface area contributed by atoms with Crippen molar-refractivity contribution < 1.29 is 27.8 Å². The number of phenols is 1. The lowest BCUT2D eigenvalue weighted by atomic mass is 9.97. The number of nitrogens with one attached hydrogen (secondary N) is 1. The van der Waals surface area contributed by atoms with Crippen LogP contribution in [0.2, 0.25) is 10.0 Å². The third-order valence-electron chi connectivity index (χ3n) is 4.51. The summed E-state index contributed by atoms with van der Waals surface area (Å²) in [6.07, 6.45) is 0.200. The molecule has 2 N–H and O–H groups in total. The van der Waals surface area contributed by atoms with Crippen LogP contribution in [0.3, 0.4) is 0 Å². The van der Waals surface area contributed by atoms with Gasteiger partial charge in [0, 0.05) is 40.7 Å². The van der Waals surface area contributed by atoms with Gasteiger partial charge in [0.15, 0.2) is 18.2 Å². The Labute approximate surface area is 186 Å². The molecule has 0 unspecified atom stereocenters. The Kier molecular flexibility index (Phi) is 6.97. The zero-order chi connectivity index (χ0) is 22.7. The zero-order valence-electron chi connectivity index (χ0n) is 16.1. The van der Waals surface area contributed by atoms with E-state index in [4.69, 9.17) is 27.9 Å². The topological polar surface area (TPSA) is 58.6 Å². The second-order valence-electron chi connectivity index (χ2n) is 6.60. The standard InChI is InChI=1S/C22H16Cl2F3NO3/c1-28-22(30)10-31-12-6-16(23)15(17(24)7-12)5-11-2-3-21(29)14(4-11)13-8-19(26)20(27)9-18(13)25/h2-4,6-9,29H,5,10H2,1H3,(H,28,30). The monoisotopic (exact) mass is 469 g/mol. The fourth-order valence-corrected chi connectivity index (χ4v) is 3.50. The molecule has 3 rings (SSSR count). The fourth-order valence-electron chi connectivity index (χ4n) is 2.90. The second kappa shape index (κ2) is 9.49. The summed E-state index contributed by atoms with van der Waals surface area (Å²) in [5.74, 6) is -3.90. The van der Waals surface area contributed by atoms with Crippen LogP contribution in [0.15, 0.2) is 42.5 Å². The summed E-state index contributed by atoms with van der Waals surface area (Å²) >= 11 is 12.6. The second-order valence-corrected chi connectivity index (χ2v) is 7.42. The van der Waals surface area contributed by atoms with E-state index in [1.807, 2.05) is 0 Å². The molecule has 0 bridgehead atoms. The number of ether oxygens (including phenoxy) is 1. The van der Waals surface area contributed by atoms with Crippen LogP contribution in [0, 0.1) is 17.5 Å². The van der Waals surface area contributed by atoms with E-state index in [0.29, 0.717) is 29.0 Å². The smallest absolute Gasteiger partial charge is 0.257 e. The van der Waals surface area contributed by atoms with Gasteiger partial charge in [0.25, 0.3) is 5.91 Å². The molecule has 0 aliphatic rings. The van der Waals surface area contributed by atoms with Gasteiger partial charge in [0.2, 0.25) is 0 Å². The minimum absolute atomic E-state index is 0.00771. The van der Waals surface area contributed by atoms with E-state index >= 15 is 0 Å². The van der Waals surface area contributed by atoms with E-state index in [2.05, 4.69) is 5.32 Å². The maximum absolute atomic E-state index is 14.2. The first kappa shape index (κ1) is 22.8. The first-order valence-electron chi connectivity index (χ1n) is 8.97. The lowest BCUT2D eigenvalue weighted by Gasteiger charge is -2.13. The van der Waals surface area contributed by atoms with Crippen LogP contribution in [-0.2, 0) is 11.2 Å². The van der Waals surface area contributed by atoms with Crippen molar-refractivity contribution in [3.8, 4) is 22.6 Å². The van der Waals surface area contributed by atoms with E-state index in [9.17, 15) is 23.1 Å². The highest BCUT2D eigenvalue weighted by Crippen LogP contribution is 2.36. The number of rotatable bonds is 6. The molecule has 0 aromatic heterocycles. The van der Waals surface area contributed by atoms with Crippen molar-refractivity contribution in [2.75, 3.05) is 13.7 Å². The molecule has 3 aromatic rings. The van der Waals surface area contributed by atoms with Crippen molar-refractivity contribution in [2.45, 2.75) is 6.42 Å². The SMILES string of the molecule is CNC(=O)COc1cc(Cl)c(Cc2ccc(O)c(-c3cc(F)c(F)cc3F)c2)c(Cl)c1. The Hall–Kier alpha value is -2.90. The van der Waals surface area contributed by atoms with Gasteiger partial charge in [-0.2, -0.15) is 0 Å². The van der Waals surface area contributed by atoms with Crippen molar-refractivity contribution in [1.29, 1.82) is 0 Å². The van der Waals surface area contributed by atoms with Gasteiger partial charge in [-0.05, 0) is 41.5 Å². The molecule has 0 saturated carbocycles. The first-order chi connectivity index (χ1) is 14.7. The van der Waals surface area contributed by atoms with Gasteiger partial charge in [0.05, 0.1) is 0 Å². The van der Waals surface area contributed by atoms with Gasteiger partial charge < -0.3 is 15.2 Å². The molecule has 9 heteroatoms. The average molecular weight is 470 g/mol.